The van der Waals surface area contributed by atoms with Gasteiger partial charge in [-0.15, -0.1) is 0 Å². The third kappa shape index (κ3) is 3.61. The second-order valence-corrected chi connectivity index (χ2v) is 11.5. The molecule has 0 saturated carbocycles. The Morgan fingerprint density at radius 3 is 2.80 bits per heavy atom. The molecule has 0 N–H and O–H groups in total. The highest BCUT2D eigenvalue weighted by Crippen LogP contribution is 2.18. The van der Waals surface area contributed by atoms with Crippen molar-refractivity contribution in [2.24, 2.45) is 0 Å². The minimum Gasteiger partial charge on any atom is -0.360 e. The van der Waals surface area contributed by atoms with Gasteiger partial charge >= 0.3 is 0 Å². The van der Waals surface area contributed by atoms with Gasteiger partial charge in [0, 0.05) is 20.7 Å². The maximum Gasteiger partial charge on any atom is 0.289 e. The Bertz CT molecular complexity index is 621. The monoisotopic (exact) mass is 294 g/mol. The van der Waals surface area contributed by atoms with Crippen molar-refractivity contribution < 1.29 is 9.66 Å². The standard InChI is InChI=1S/C12H18N4O3Si/c1-20(2,3)5-4-19-9-15-12-6-10(16(17)18)7-13-11(12)8-14-15/h6-8H,4-5,9H2,1-3H3. The Kier molecular flexibility index (Phi) is 4.14. The molecular formula is C12H18N4O3Si. The number of hydrogen-bond donors (Lipinski definition) is 0. The second-order valence-electron chi connectivity index (χ2n) is 5.85. The normalized spacial score (nSPS) is 11.9. The molecule has 108 valence electrons. The van der Waals surface area contributed by atoms with Crippen molar-refractivity contribution in [3.05, 3.63) is 28.6 Å². The van der Waals surface area contributed by atoms with E-state index in [0.717, 1.165) is 6.04 Å². The van der Waals surface area contributed by atoms with Gasteiger partial charge in [0.2, 0.25) is 0 Å². The van der Waals surface area contributed by atoms with Gasteiger partial charge < -0.3 is 4.74 Å². The van der Waals surface area contributed by atoms with E-state index < -0.39 is 13.0 Å². The van der Waals surface area contributed by atoms with Crippen molar-refractivity contribution in [3.63, 3.8) is 0 Å². The first-order valence-corrected chi connectivity index (χ1v) is 10.1. The largest absolute Gasteiger partial charge is 0.360 e. The molecule has 0 aliphatic rings. The van der Waals surface area contributed by atoms with Gasteiger partial charge in [0.1, 0.15) is 18.4 Å². The molecule has 2 aromatic rings. The SMILES string of the molecule is C[Si](C)(C)CCOCn1ncc2ncc([N+](=O)[O-])cc21. The van der Waals surface area contributed by atoms with Crippen LogP contribution in [0, 0.1) is 10.1 Å². The summed E-state index contributed by atoms with van der Waals surface area (Å²) in [6.07, 6.45) is 2.82. The van der Waals surface area contributed by atoms with Gasteiger partial charge in [-0.1, -0.05) is 19.6 Å². The predicted molar refractivity (Wildman–Crippen MR) is 78.3 cm³/mol. The zero-order valence-corrected chi connectivity index (χ0v) is 12.9. The van der Waals surface area contributed by atoms with Gasteiger partial charge in [0.25, 0.3) is 5.69 Å². The number of pyridine rings is 1. The van der Waals surface area contributed by atoms with Crippen molar-refractivity contribution in [2.45, 2.75) is 32.4 Å². The summed E-state index contributed by atoms with van der Waals surface area (Å²) in [5, 5.41) is 14.9. The number of rotatable bonds is 6. The van der Waals surface area contributed by atoms with Crippen LogP contribution in [0.1, 0.15) is 0 Å². The number of ether oxygens (including phenoxy) is 1. The summed E-state index contributed by atoms with van der Waals surface area (Å²) >= 11 is 0. The average molecular weight is 294 g/mol. The number of hydrogen-bond acceptors (Lipinski definition) is 5. The molecule has 0 radical (unpaired) electrons. The van der Waals surface area contributed by atoms with Gasteiger partial charge in [0.15, 0.2) is 0 Å². The highest BCUT2D eigenvalue weighted by atomic mass is 28.3. The maximum absolute atomic E-state index is 10.8. The zero-order chi connectivity index (χ0) is 14.8. The number of nitro groups is 1. The number of fused-ring (bicyclic) bond motifs is 1. The summed E-state index contributed by atoms with van der Waals surface area (Å²) in [5.74, 6) is 0. The molecule has 0 amide bonds. The smallest absolute Gasteiger partial charge is 0.289 e. The fourth-order valence-electron chi connectivity index (χ4n) is 1.68. The molecule has 0 bridgehead atoms. The van der Waals surface area contributed by atoms with Crippen molar-refractivity contribution in [1.29, 1.82) is 0 Å². The lowest BCUT2D eigenvalue weighted by molar-refractivity contribution is -0.385. The molecular weight excluding hydrogens is 276 g/mol. The summed E-state index contributed by atoms with van der Waals surface area (Å²) in [4.78, 5) is 14.3. The average Bonchev–Trinajstić information content (AvgIpc) is 2.76. The van der Waals surface area contributed by atoms with E-state index in [2.05, 4.69) is 29.7 Å². The van der Waals surface area contributed by atoms with Crippen LogP contribution in [0.3, 0.4) is 0 Å². The maximum atomic E-state index is 10.8. The van der Waals surface area contributed by atoms with E-state index in [1.165, 1.54) is 12.3 Å². The highest BCUT2D eigenvalue weighted by Gasteiger charge is 2.13. The summed E-state index contributed by atoms with van der Waals surface area (Å²) < 4.78 is 7.20. The molecule has 2 heterocycles. The van der Waals surface area contributed by atoms with Gasteiger partial charge in [0.05, 0.1) is 16.6 Å². The van der Waals surface area contributed by atoms with Crippen molar-refractivity contribution in [3.8, 4) is 0 Å². The van der Waals surface area contributed by atoms with Crippen LogP contribution in [-0.4, -0.2) is 34.4 Å². The molecule has 0 unspecified atom stereocenters. The lowest BCUT2D eigenvalue weighted by Gasteiger charge is -2.15. The molecule has 20 heavy (non-hydrogen) atoms. The van der Waals surface area contributed by atoms with E-state index in [0.29, 0.717) is 17.6 Å². The molecule has 0 aliphatic heterocycles. The Labute approximate surface area is 117 Å². The molecule has 2 aromatic heterocycles. The van der Waals surface area contributed by atoms with Crippen LogP contribution in [0.4, 0.5) is 5.69 Å². The first kappa shape index (κ1) is 14.6. The van der Waals surface area contributed by atoms with E-state index in [9.17, 15) is 10.1 Å². The fourth-order valence-corrected chi connectivity index (χ4v) is 2.43. The van der Waals surface area contributed by atoms with Crippen LogP contribution in [0.2, 0.25) is 25.7 Å². The van der Waals surface area contributed by atoms with Crippen LogP contribution in [0.25, 0.3) is 11.0 Å². The third-order valence-corrected chi connectivity index (χ3v) is 4.61. The Morgan fingerprint density at radius 1 is 1.40 bits per heavy atom. The van der Waals surface area contributed by atoms with Crippen molar-refractivity contribution in [2.75, 3.05) is 6.61 Å². The molecule has 7 nitrogen and oxygen atoms in total. The molecule has 0 spiro atoms. The zero-order valence-electron chi connectivity index (χ0n) is 11.9. The van der Waals surface area contributed by atoms with Gasteiger partial charge in [-0.05, 0) is 6.04 Å². The fraction of sp³-hybridized carbons (Fsp3) is 0.500. The molecule has 0 fully saturated rings. The van der Waals surface area contributed by atoms with E-state index in [1.807, 2.05) is 0 Å². The second kappa shape index (κ2) is 5.67. The topological polar surface area (TPSA) is 83.1 Å². The van der Waals surface area contributed by atoms with E-state index in [4.69, 9.17) is 4.74 Å². The van der Waals surface area contributed by atoms with Crippen molar-refractivity contribution in [1.82, 2.24) is 14.8 Å². The quantitative estimate of drug-likeness (QED) is 0.354. The van der Waals surface area contributed by atoms with E-state index >= 15 is 0 Å². The van der Waals surface area contributed by atoms with Crippen LogP contribution in [0.15, 0.2) is 18.5 Å². The molecule has 2 rings (SSSR count). The summed E-state index contributed by atoms with van der Waals surface area (Å²) in [6, 6.07) is 2.54. The Balaban J connectivity index is 2.06. The lowest BCUT2D eigenvalue weighted by atomic mass is 10.3. The Hall–Kier alpha value is -1.80. The number of aromatic nitrogens is 3. The minimum absolute atomic E-state index is 0.0404. The molecule has 0 atom stereocenters. The number of nitrogens with zero attached hydrogens (tertiary/aromatic N) is 4. The van der Waals surface area contributed by atoms with Crippen LogP contribution in [-0.2, 0) is 11.5 Å². The summed E-state index contributed by atoms with van der Waals surface area (Å²) in [6.45, 7) is 7.82. The van der Waals surface area contributed by atoms with Crippen LogP contribution in [0.5, 0.6) is 0 Å². The van der Waals surface area contributed by atoms with Crippen LogP contribution >= 0.6 is 0 Å². The predicted octanol–water partition coefficient (Wildman–Crippen LogP) is 2.65. The lowest BCUT2D eigenvalue weighted by Crippen LogP contribution is -2.22. The first-order chi connectivity index (χ1) is 9.37. The molecule has 0 saturated heterocycles. The summed E-state index contributed by atoms with van der Waals surface area (Å²) in [7, 11) is -1.11. The van der Waals surface area contributed by atoms with Crippen molar-refractivity contribution >= 4 is 24.8 Å². The Morgan fingerprint density at radius 2 is 2.15 bits per heavy atom. The van der Waals surface area contributed by atoms with Gasteiger partial charge in [-0.25, -0.2) is 9.67 Å². The van der Waals surface area contributed by atoms with E-state index in [-0.39, 0.29) is 12.4 Å². The third-order valence-electron chi connectivity index (χ3n) is 2.90. The molecule has 0 aliphatic carbocycles. The van der Waals surface area contributed by atoms with Crippen LogP contribution < -0.4 is 0 Å². The highest BCUT2D eigenvalue weighted by molar-refractivity contribution is 6.76. The molecule has 0 aromatic carbocycles. The van der Waals surface area contributed by atoms with Gasteiger partial charge in [-0.3, -0.25) is 10.1 Å². The summed E-state index contributed by atoms with van der Waals surface area (Å²) in [5.41, 5.74) is 1.21. The first-order valence-electron chi connectivity index (χ1n) is 6.40. The van der Waals surface area contributed by atoms with Gasteiger partial charge in [-0.2, -0.15) is 5.10 Å². The minimum atomic E-state index is -1.11. The van der Waals surface area contributed by atoms with E-state index in [1.54, 1.807) is 10.9 Å². The molecule has 8 heteroatoms.